The quantitative estimate of drug-likeness (QED) is 0.873. The molecular formula is C18H28N2O3. The standard InChI is InChI=1S/C18H28N2O3/c1-21-17-10-15(11-18(12-17)22-2)19-14-5-7-20(8-6-14)13-16-4-3-9-23-16/h10-12,14,16,19H,3-9,13H2,1-2H3. The summed E-state index contributed by atoms with van der Waals surface area (Å²) in [6.45, 7) is 4.32. The van der Waals surface area contributed by atoms with Crippen molar-refractivity contribution < 1.29 is 14.2 Å². The molecule has 0 spiro atoms. The molecule has 1 atom stereocenters. The van der Waals surface area contributed by atoms with Gasteiger partial charge in [0, 0.05) is 56.2 Å². The monoisotopic (exact) mass is 320 g/mol. The van der Waals surface area contributed by atoms with Crippen molar-refractivity contribution in [3.63, 3.8) is 0 Å². The summed E-state index contributed by atoms with van der Waals surface area (Å²) in [5, 5.41) is 3.63. The highest BCUT2D eigenvalue weighted by atomic mass is 16.5. The lowest BCUT2D eigenvalue weighted by atomic mass is 10.0. The Bertz CT molecular complexity index is 473. The number of rotatable bonds is 6. The molecule has 0 bridgehead atoms. The van der Waals surface area contributed by atoms with Gasteiger partial charge in [-0.2, -0.15) is 0 Å². The number of hydrogen-bond acceptors (Lipinski definition) is 5. The Morgan fingerprint density at radius 2 is 1.78 bits per heavy atom. The predicted octanol–water partition coefficient (Wildman–Crippen LogP) is 2.76. The minimum atomic E-state index is 0.460. The van der Waals surface area contributed by atoms with E-state index in [9.17, 15) is 0 Å². The molecule has 2 saturated heterocycles. The Labute approximate surface area is 138 Å². The average molecular weight is 320 g/mol. The van der Waals surface area contributed by atoms with Crippen molar-refractivity contribution in [3.8, 4) is 11.5 Å². The summed E-state index contributed by atoms with van der Waals surface area (Å²) < 4.78 is 16.4. The molecular weight excluding hydrogens is 292 g/mol. The molecule has 2 fully saturated rings. The number of piperidine rings is 1. The molecule has 0 aromatic heterocycles. The van der Waals surface area contributed by atoms with Crippen LogP contribution < -0.4 is 14.8 Å². The molecule has 0 radical (unpaired) electrons. The van der Waals surface area contributed by atoms with Crippen molar-refractivity contribution in [2.45, 2.75) is 37.8 Å². The van der Waals surface area contributed by atoms with Crippen LogP contribution in [0.3, 0.4) is 0 Å². The molecule has 1 aromatic carbocycles. The first kappa shape index (κ1) is 16.4. The van der Waals surface area contributed by atoms with E-state index in [0.29, 0.717) is 12.1 Å². The van der Waals surface area contributed by atoms with Crippen LogP contribution in [-0.2, 0) is 4.74 Å². The maximum atomic E-state index is 5.74. The topological polar surface area (TPSA) is 43.0 Å². The van der Waals surface area contributed by atoms with Crippen LogP contribution in [0.15, 0.2) is 18.2 Å². The van der Waals surface area contributed by atoms with Gasteiger partial charge >= 0.3 is 0 Å². The molecule has 0 amide bonds. The number of nitrogens with one attached hydrogen (secondary N) is 1. The third-order valence-corrected chi connectivity index (χ3v) is 4.80. The fraction of sp³-hybridized carbons (Fsp3) is 0.667. The number of likely N-dealkylation sites (tertiary alicyclic amines) is 1. The van der Waals surface area contributed by atoms with Gasteiger partial charge in [0.15, 0.2) is 0 Å². The molecule has 5 nitrogen and oxygen atoms in total. The van der Waals surface area contributed by atoms with Gasteiger partial charge in [0.1, 0.15) is 11.5 Å². The van der Waals surface area contributed by atoms with Gasteiger partial charge in [0.2, 0.25) is 0 Å². The summed E-state index contributed by atoms with van der Waals surface area (Å²) in [6.07, 6.45) is 5.22. The van der Waals surface area contributed by atoms with E-state index >= 15 is 0 Å². The normalized spacial score (nSPS) is 23.0. The largest absolute Gasteiger partial charge is 0.497 e. The predicted molar refractivity (Wildman–Crippen MR) is 91.6 cm³/mol. The van der Waals surface area contributed by atoms with Gasteiger partial charge in [-0.15, -0.1) is 0 Å². The Morgan fingerprint density at radius 3 is 2.35 bits per heavy atom. The highest BCUT2D eigenvalue weighted by Crippen LogP contribution is 2.27. The molecule has 128 valence electrons. The summed E-state index contributed by atoms with van der Waals surface area (Å²) >= 11 is 0. The molecule has 3 rings (SSSR count). The van der Waals surface area contributed by atoms with Gasteiger partial charge in [-0.05, 0) is 25.7 Å². The lowest BCUT2D eigenvalue weighted by Gasteiger charge is -2.34. The van der Waals surface area contributed by atoms with Crippen LogP contribution in [-0.4, -0.2) is 57.5 Å². The number of methoxy groups -OCH3 is 2. The fourth-order valence-corrected chi connectivity index (χ4v) is 3.46. The van der Waals surface area contributed by atoms with E-state index in [1.54, 1.807) is 14.2 Å². The maximum absolute atomic E-state index is 5.74. The van der Waals surface area contributed by atoms with E-state index in [2.05, 4.69) is 10.2 Å². The molecule has 0 saturated carbocycles. The van der Waals surface area contributed by atoms with Crippen LogP contribution in [0.2, 0.25) is 0 Å². The first-order chi connectivity index (χ1) is 11.3. The molecule has 1 unspecified atom stereocenters. The van der Waals surface area contributed by atoms with Gasteiger partial charge in [0.05, 0.1) is 20.3 Å². The van der Waals surface area contributed by atoms with E-state index in [0.717, 1.165) is 56.3 Å². The molecule has 0 aliphatic carbocycles. The van der Waals surface area contributed by atoms with Crippen LogP contribution in [0, 0.1) is 0 Å². The lowest BCUT2D eigenvalue weighted by Crippen LogP contribution is -2.42. The molecule has 1 aromatic rings. The zero-order valence-electron chi connectivity index (χ0n) is 14.2. The zero-order chi connectivity index (χ0) is 16.1. The number of hydrogen-bond donors (Lipinski definition) is 1. The van der Waals surface area contributed by atoms with Crippen LogP contribution >= 0.6 is 0 Å². The number of anilines is 1. The second-order valence-corrected chi connectivity index (χ2v) is 6.46. The first-order valence-electron chi connectivity index (χ1n) is 8.60. The van der Waals surface area contributed by atoms with E-state index < -0.39 is 0 Å². The van der Waals surface area contributed by atoms with Crippen LogP contribution in [0.5, 0.6) is 11.5 Å². The Morgan fingerprint density at radius 1 is 1.09 bits per heavy atom. The minimum absolute atomic E-state index is 0.460. The van der Waals surface area contributed by atoms with Crippen LogP contribution in [0.25, 0.3) is 0 Å². The lowest BCUT2D eigenvalue weighted by molar-refractivity contribution is 0.0654. The summed E-state index contributed by atoms with van der Waals surface area (Å²) in [5.41, 5.74) is 1.07. The number of benzene rings is 1. The summed E-state index contributed by atoms with van der Waals surface area (Å²) in [6, 6.07) is 6.46. The number of nitrogens with zero attached hydrogens (tertiary/aromatic N) is 1. The average Bonchev–Trinajstić information content (AvgIpc) is 3.09. The van der Waals surface area contributed by atoms with Gasteiger partial charge < -0.3 is 24.4 Å². The minimum Gasteiger partial charge on any atom is -0.497 e. The maximum Gasteiger partial charge on any atom is 0.124 e. The summed E-state index contributed by atoms with van der Waals surface area (Å²) in [4.78, 5) is 2.54. The smallest absolute Gasteiger partial charge is 0.124 e. The third kappa shape index (κ3) is 4.52. The highest BCUT2D eigenvalue weighted by Gasteiger charge is 2.24. The summed E-state index contributed by atoms with van der Waals surface area (Å²) in [5.74, 6) is 1.64. The Balaban J connectivity index is 1.50. The van der Waals surface area contributed by atoms with E-state index in [1.165, 1.54) is 12.8 Å². The molecule has 23 heavy (non-hydrogen) atoms. The van der Waals surface area contributed by atoms with Gasteiger partial charge in [0.25, 0.3) is 0 Å². The first-order valence-corrected chi connectivity index (χ1v) is 8.60. The SMILES string of the molecule is COc1cc(NC2CCN(CC3CCCO3)CC2)cc(OC)c1. The van der Waals surface area contributed by atoms with Gasteiger partial charge in [-0.25, -0.2) is 0 Å². The molecule has 2 aliphatic heterocycles. The van der Waals surface area contributed by atoms with Crippen molar-refractivity contribution in [2.24, 2.45) is 0 Å². The molecule has 1 N–H and O–H groups in total. The molecule has 2 aliphatic rings. The molecule has 2 heterocycles. The van der Waals surface area contributed by atoms with E-state index in [4.69, 9.17) is 14.2 Å². The van der Waals surface area contributed by atoms with Crippen molar-refractivity contribution in [1.82, 2.24) is 4.90 Å². The van der Waals surface area contributed by atoms with E-state index in [-0.39, 0.29) is 0 Å². The van der Waals surface area contributed by atoms with Crippen molar-refractivity contribution in [3.05, 3.63) is 18.2 Å². The fourth-order valence-electron chi connectivity index (χ4n) is 3.46. The molecule has 5 heteroatoms. The van der Waals surface area contributed by atoms with E-state index in [1.807, 2.05) is 18.2 Å². The van der Waals surface area contributed by atoms with Crippen molar-refractivity contribution >= 4 is 5.69 Å². The Kier molecular flexibility index (Phi) is 5.62. The van der Waals surface area contributed by atoms with Crippen LogP contribution in [0.4, 0.5) is 5.69 Å². The second kappa shape index (κ2) is 7.88. The highest BCUT2D eigenvalue weighted by molar-refractivity contribution is 5.54. The van der Waals surface area contributed by atoms with Crippen molar-refractivity contribution in [2.75, 3.05) is 45.8 Å². The zero-order valence-corrected chi connectivity index (χ0v) is 14.2. The summed E-state index contributed by atoms with van der Waals surface area (Å²) in [7, 11) is 3.37. The van der Waals surface area contributed by atoms with Crippen LogP contribution in [0.1, 0.15) is 25.7 Å². The van der Waals surface area contributed by atoms with Gasteiger partial charge in [-0.1, -0.05) is 0 Å². The second-order valence-electron chi connectivity index (χ2n) is 6.46. The van der Waals surface area contributed by atoms with Crippen molar-refractivity contribution in [1.29, 1.82) is 0 Å². The Hall–Kier alpha value is -1.46. The third-order valence-electron chi connectivity index (χ3n) is 4.80. The van der Waals surface area contributed by atoms with Gasteiger partial charge in [-0.3, -0.25) is 0 Å². The number of ether oxygens (including phenoxy) is 3.